The molecule has 2 nitrogen and oxygen atoms in total. The van der Waals surface area contributed by atoms with Crippen LogP contribution < -0.4 is 0 Å². The summed E-state index contributed by atoms with van der Waals surface area (Å²) in [5.41, 5.74) is 0. The molecule has 0 atom stereocenters. The molecule has 0 N–H and O–H groups in total. The average molecular weight is 272 g/mol. The van der Waals surface area contributed by atoms with Crippen LogP contribution in [0.25, 0.3) is 0 Å². The molecule has 0 bridgehead atoms. The molecular formula is C4H9BrCl2O2S. The first kappa shape index (κ1) is 13.6. The smallest absolute Gasteiger partial charge is 0.195 e. The summed E-state index contributed by atoms with van der Waals surface area (Å²) in [5, 5.41) is 1.16. The lowest BCUT2D eigenvalue weighted by Gasteiger charge is -1.77. The van der Waals surface area contributed by atoms with Gasteiger partial charge in [-0.1, -0.05) is 29.3 Å². The van der Waals surface area contributed by atoms with E-state index in [1.165, 1.54) is 12.8 Å². The van der Waals surface area contributed by atoms with Crippen LogP contribution in [0.3, 0.4) is 0 Å². The monoisotopic (exact) mass is 270 g/mol. The van der Waals surface area contributed by atoms with E-state index in [1.807, 2.05) is 0 Å². The van der Waals surface area contributed by atoms with E-state index in [0.717, 1.165) is 5.33 Å². The highest BCUT2D eigenvalue weighted by molar-refractivity contribution is 9.09. The fraction of sp³-hybridized carbons (Fsp3) is 1.00. The number of hydrogen-bond acceptors (Lipinski definition) is 2. The molecule has 0 aromatic heterocycles. The van der Waals surface area contributed by atoms with Crippen molar-refractivity contribution in [1.82, 2.24) is 0 Å². The predicted octanol–water partition coefficient (Wildman–Crippen LogP) is 2.89. The zero-order valence-corrected chi connectivity index (χ0v) is 9.39. The molecule has 0 aliphatic rings. The Bertz CT molecular complexity index is 135. The van der Waals surface area contributed by atoms with Gasteiger partial charge < -0.3 is 0 Å². The van der Waals surface area contributed by atoms with E-state index in [-0.39, 0.29) is 0 Å². The third-order valence-electron chi connectivity index (χ3n) is 0.487. The predicted molar refractivity (Wildman–Crippen MR) is 49.3 cm³/mol. The molecule has 0 heterocycles. The maximum absolute atomic E-state index is 9.16. The van der Waals surface area contributed by atoms with Crippen molar-refractivity contribution in [1.29, 1.82) is 0 Å². The summed E-state index contributed by atoms with van der Waals surface area (Å²) in [6.45, 7) is 2.18. The lowest BCUT2D eigenvalue weighted by Crippen LogP contribution is -1.64. The molecule has 0 rings (SSSR count). The summed E-state index contributed by atoms with van der Waals surface area (Å²) in [6.07, 6.45) is 2.60. The summed E-state index contributed by atoms with van der Waals surface area (Å²) in [6, 6.07) is 0. The van der Waals surface area contributed by atoms with E-state index >= 15 is 0 Å². The van der Waals surface area contributed by atoms with Crippen molar-refractivity contribution >= 4 is 45.6 Å². The van der Waals surface area contributed by atoms with Crippen LogP contribution in [0.15, 0.2) is 0 Å². The highest BCUT2D eigenvalue weighted by Gasteiger charge is 1.88. The maximum Gasteiger partial charge on any atom is 0.317 e. The van der Waals surface area contributed by atoms with E-state index < -0.39 is 8.26 Å². The van der Waals surface area contributed by atoms with Gasteiger partial charge in [0.1, 0.15) is 0 Å². The first-order valence-electron chi connectivity index (χ1n) is 2.62. The van der Waals surface area contributed by atoms with Crippen LogP contribution in [0.1, 0.15) is 19.8 Å². The van der Waals surface area contributed by atoms with Gasteiger partial charge in [0.15, 0.2) is 0 Å². The molecule has 0 aliphatic heterocycles. The highest BCUT2D eigenvalue weighted by Crippen LogP contribution is 1.98. The highest BCUT2D eigenvalue weighted by atomic mass is 79.9. The first-order chi connectivity index (χ1) is 4.41. The normalized spacial score (nSPS) is 10.0. The molecule has 0 amide bonds. The Morgan fingerprint density at radius 1 is 1.40 bits per heavy atom. The van der Waals surface area contributed by atoms with Crippen molar-refractivity contribution in [2.45, 2.75) is 19.8 Å². The Balaban J connectivity index is 0. The van der Waals surface area contributed by atoms with Gasteiger partial charge >= 0.3 is 8.26 Å². The SMILES string of the molecule is CCCCBr.O=S(=O)(Cl)Cl. The number of rotatable bonds is 2. The lowest BCUT2D eigenvalue weighted by atomic mass is 10.4. The van der Waals surface area contributed by atoms with E-state index in [4.69, 9.17) is 8.42 Å². The van der Waals surface area contributed by atoms with Gasteiger partial charge in [-0.3, -0.25) is 0 Å². The van der Waals surface area contributed by atoms with Crippen LogP contribution in [0, 0.1) is 0 Å². The number of halogens is 3. The fourth-order valence-electron chi connectivity index (χ4n) is 0.134. The van der Waals surface area contributed by atoms with Gasteiger partial charge in [-0.25, -0.2) is 0 Å². The van der Waals surface area contributed by atoms with E-state index in [1.54, 1.807) is 0 Å². The summed E-state index contributed by atoms with van der Waals surface area (Å²) < 4.78 is 18.3. The van der Waals surface area contributed by atoms with Crippen molar-refractivity contribution in [2.24, 2.45) is 0 Å². The quantitative estimate of drug-likeness (QED) is 0.572. The van der Waals surface area contributed by atoms with Crippen LogP contribution in [0.4, 0.5) is 0 Å². The van der Waals surface area contributed by atoms with Gasteiger partial charge in [0.2, 0.25) is 0 Å². The third kappa shape index (κ3) is 63.8. The molecule has 0 fully saturated rings. The lowest BCUT2D eigenvalue weighted by molar-refractivity contribution is 0.621. The van der Waals surface area contributed by atoms with Gasteiger partial charge in [-0.05, 0) is 6.42 Å². The molecule has 0 saturated carbocycles. The van der Waals surface area contributed by atoms with E-state index in [9.17, 15) is 0 Å². The van der Waals surface area contributed by atoms with Gasteiger partial charge in [0, 0.05) is 26.7 Å². The zero-order valence-electron chi connectivity index (χ0n) is 5.48. The van der Waals surface area contributed by atoms with Gasteiger partial charge in [0.05, 0.1) is 0 Å². The van der Waals surface area contributed by atoms with Gasteiger partial charge in [0.25, 0.3) is 0 Å². The van der Waals surface area contributed by atoms with Crippen molar-refractivity contribution in [3.63, 3.8) is 0 Å². The number of alkyl halides is 1. The maximum atomic E-state index is 9.16. The first-order valence-corrected chi connectivity index (χ1v) is 6.87. The molecule has 10 heavy (non-hydrogen) atoms. The molecule has 0 saturated heterocycles. The Morgan fingerprint density at radius 2 is 1.70 bits per heavy atom. The molecule has 0 aromatic rings. The average Bonchev–Trinajstić information content (AvgIpc) is 1.63. The molecule has 0 radical (unpaired) electrons. The van der Waals surface area contributed by atoms with Crippen LogP contribution in [-0.2, 0) is 8.26 Å². The van der Waals surface area contributed by atoms with Crippen LogP contribution >= 0.6 is 37.3 Å². The molecule has 64 valence electrons. The molecule has 0 unspecified atom stereocenters. The van der Waals surface area contributed by atoms with Crippen LogP contribution in [0.5, 0.6) is 0 Å². The van der Waals surface area contributed by atoms with Crippen molar-refractivity contribution < 1.29 is 8.42 Å². The van der Waals surface area contributed by atoms with Crippen molar-refractivity contribution in [2.75, 3.05) is 5.33 Å². The topological polar surface area (TPSA) is 34.1 Å². The molecule has 6 heteroatoms. The molecular weight excluding hydrogens is 263 g/mol. The standard InChI is InChI=1S/C4H9Br.Cl2O2S/c1-2-3-4-5;1-5(2,3)4/h2-4H2,1H3;. The number of hydrogen-bond donors (Lipinski definition) is 0. The van der Waals surface area contributed by atoms with Crippen molar-refractivity contribution in [3.05, 3.63) is 0 Å². The zero-order chi connectivity index (χ0) is 8.62. The molecule has 0 aliphatic carbocycles. The van der Waals surface area contributed by atoms with E-state index in [2.05, 4.69) is 44.2 Å². The minimum atomic E-state index is -3.72. The second-order valence-corrected chi connectivity index (χ2v) is 5.88. The molecule has 0 aromatic carbocycles. The Morgan fingerprint density at radius 3 is 1.70 bits per heavy atom. The summed E-state index contributed by atoms with van der Waals surface area (Å²) in [4.78, 5) is 0. The summed E-state index contributed by atoms with van der Waals surface area (Å²) in [5.74, 6) is 0. The third-order valence-corrected chi connectivity index (χ3v) is 1.05. The Hall–Kier alpha value is 1.01. The minimum Gasteiger partial charge on any atom is -0.195 e. The minimum absolute atomic E-state index is 1.16. The summed E-state index contributed by atoms with van der Waals surface area (Å²) >= 11 is 3.31. The Labute approximate surface area is 78.9 Å². The second-order valence-electron chi connectivity index (χ2n) is 1.42. The van der Waals surface area contributed by atoms with Crippen molar-refractivity contribution in [3.8, 4) is 0 Å². The van der Waals surface area contributed by atoms with Gasteiger partial charge in [-0.2, -0.15) is 8.42 Å². The Kier molecular flexibility index (Phi) is 11.0. The van der Waals surface area contributed by atoms with Crippen LogP contribution in [0.2, 0.25) is 0 Å². The second kappa shape index (κ2) is 8.11. The van der Waals surface area contributed by atoms with E-state index in [0.29, 0.717) is 0 Å². The molecule has 0 spiro atoms. The van der Waals surface area contributed by atoms with Gasteiger partial charge in [-0.15, -0.1) is 0 Å². The number of unbranched alkanes of at least 4 members (excludes halogenated alkanes) is 1. The largest absolute Gasteiger partial charge is 0.317 e. The van der Waals surface area contributed by atoms with Crippen LogP contribution in [-0.4, -0.2) is 13.7 Å². The summed E-state index contributed by atoms with van der Waals surface area (Å²) in [7, 11) is 4.81. The fourth-order valence-corrected chi connectivity index (χ4v) is 0.694.